The standard InChI is InChI=1S/C27H42O3/c1-5-6-7-8-21(25(29)30-4)23-12-11-22-20-10-9-18-17-19(28)13-15-26(18,2)24(20)14-16-27(22,23)3/h13,15,18,20-24H,5-12,14,16-17H2,1-4H3/t18-,20-,21+,22-,23+,24-,26-,27-/m0/s1. The largest absolute Gasteiger partial charge is 0.469 e. The maximum absolute atomic E-state index is 12.8. The van der Waals surface area contributed by atoms with E-state index in [1.165, 1.54) is 51.4 Å². The summed E-state index contributed by atoms with van der Waals surface area (Å²) in [5, 5.41) is 0. The number of fused-ring (bicyclic) bond motifs is 5. The molecule has 4 rings (SSSR count). The van der Waals surface area contributed by atoms with Crippen molar-refractivity contribution in [3.63, 3.8) is 0 Å². The van der Waals surface area contributed by atoms with Crippen LogP contribution in [0.3, 0.4) is 0 Å². The molecule has 0 heterocycles. The first-order valence-corrected chi connectivity index (χ1v) is 12.6. The highest BCUT2D eigenvalue weighted by Gasteiger charge is 2.61. The zero-order chi connectivity index (χ0) is 21.5. The molecule has 0 saturated heterocycles. The first-order valence-electron chi connectivity index (χ1n) is 12.6. The zero-order valence-corrected chi connectivity index (χ0v) is 19.6. The quantitative estimate of drug-likeness (QED) is 0.375. The van der Waals surface area contributed by atoms with Gasteiger partial charge in [0.15, 0.2) is 5.78 Å². The van der Waals surface area contributed by atoms with E-state index in [0.717, 1.165) is 31.1 Å². The molecule has 0 aliphatic heterocycles. The van der Waals surface area contributed by atoms with Crippen molar-refractivity contribution in [2.24, 2.45) is 46.3 Å². The van der Waals surface area contributed by atoms with Crippen LogP contribution in [-0.2, 0) is 14.3 Å². The molecule has 3 heteroatoms. The number of rotatable bonds is 6. The van der Waals surface area contributed by atoms with Gasteiger partial charge in [0.05, 0.1) is 13.0 Å². The van der Waals surface area contributed by atoms with Crippen molar-refractivity contribution in [3.8, 4) is 0 Å². The molecule has 0 unspecified atom stereocenters. The fourth-order valence-corrected chi connectivity index (χ4v) is 8.59. The Morgan fingerprint density at radius 3 is 2.67 bits per heavy atom. The Labute approximate surface area is 183 Å². The number of hydrogen-bond donors (Lipinski definition) is 0. The molecule has 8 atom stereocenters. The van der Waals surface area contributed by atoms with Crippen LogP contribution in [0.5, 0.6) is 0 Å². The molecule has 0 radical (unpaired) electrons. The summed E-state index contributed by atoms with van der Waals surface area (Å²) in [5.41, 5.74) is 0.461. The Hall–Kier alpha value is -1.12. The van der Waals surface area contributed by atoms with Gasteiger partial charge in [-0.2, -0.15) is 0 Å². The van der Waals surface area contributed by atoms with Gasteiger partial charge in [0.2, 0.25) is 0 Å². The third kappa shape index (κ3) is 3.48. The Morgan fingerprint density at radius 2 is 1.93 bits per heavy atom. The van der Waals surface area contributed by atoms with Gasteiger partial charge >= 0.3 is 5.97 Å². The summed E-state index contributed by atoms with van der Waals surface area (Å²) in [6.45, 7) is 7.18. The summed E-state index contributed by atoms with van der Waals surface area (Å²) in [5.74, 6) is 3.62. The molecule has 3 saturated carbocycles. The van der Waals surface area contributed by atoms with Gasteiger partial charge in [-0.05, 0) is 91.4 Å². The first kappa shape index (κ1) is 22.1. The van der Waals surface area contributed by atoms with Gasteiger partial charge in [-0.3, -0.25) is 9.59 Å². The van der Waals surface area contributed by atoms with Crippen LogP contribution in [0.15, 0.2) is 12.2 Å². The number of carbonyl (C=O) groups is 2. The number of esters is 1. The maximum atomic E-state index is 12.8. The van der Waals surface area contributed by atoms with Crippen LogP contribution < -0.4 is 0 Å². The molecule has 0 aromatic rings. The first-order chi connectivity index (χ1) is 14.3. The summed E-state index contributed by atoms with van der Waals surface area (Å²) in [7, 11) is 1.57. The van der Waals surface area contributed by atoms with Gasteiger partial charge in [-0.15, -0.1) is 0 Å². The summed E-state index contributed by atoms with van der Waals surface area (Å²) in [6.07, 6.45) is 16.9. The molecule has 168 valence electrons. The van der Waals surface area contributed by atoms with Crippen LogP contribution in [0.25, 0.3) is 0 Å². The lowest BCUT2D eigenvalue weighted by atomic mass is 9.45. The Morgan fingerprint density at radius 1 is 1.13 bits per heavy atom. The van der Waals surface area contributed by atoms with E-state index in [1.807, 2.05) is 6.08 Å². The summed E-state index contributed by atoms with van der Waals surface area (Å²) in [4.78, 5) is 24.8. The van der Waals surface area contributed by atoms with Gasteiger partial charge in [0.1, 0.15) is 0 Å². The smallest absolute Gasteiger partial charge is 0.308 e. The minimum atomic E-state index is 0.0319. The number of unbranched alkanes of at least 4 members (excludes halogenated alkanes) is 2. The van der Waals surface area contributed by atoms with E-state index in [-0.39, 0.29) is 22.7 Å². The molecule has 30 heavy (non-hydrogen) atoms. The van der Waals surface area contributed by atoms with E-state index in [4.69, 9.17) is 4.74 Å². The normalized spacial score (nSPS) is 43.5. The van der Waals surface area contributed by atoms with Gasteiger partial charge < -0.3 is 4.74 Å². The number of ether oxygens (including phenoxy) is 1. The van der Waals surface area contributed by atoms with Crippen molar-refractivity contribution in [1.29, 1.82) is 0 Å². The van der Waals surface area contributed by atoms with Crippen LogP contribution in [0.4, 0.5) is 0 Å². The molecule has 0 spiro atoms. The van der Waals surface area contributed by atoms with E-state index < -0.39 is 0 Å². The molecule has 4 aliphatic carbocycles. The van der Waals surface area contributed by atoms with Gasteiger partial charge in [0.25, 0.3) is 0 Å². The van der Waals surface area contributed by atoms with Crippen LogP contribution in [0.2, 0.25) is 0 Å². The topological polar surface area (TPSA) is 43.4 Å². The third-order valence-corrected chi connectivity index (χ3v) is 10.2. The molecule has 4 aliphatic rings. The highest BCUT2D eigenvalue weighted by atomic mass is 16.5. The molecule has 0 N–H and O–H groups in total. The van der Waals surface area contributed by atoms with Crippen molar-refractivity contribution in [3.05, 3.63) is 12.2 Å². The van der Waals surface area contributed by atoms with Crippen molar-refractivity contribution >= 4 is 11.8 Å². The number of carbonyl (C=O) groups excluding carboxylic acids is 2. The van der Waals surface area contributed by atoms with Crippen LogP contribution >= 0.6 is 0 Å². The summed E-state index contributed by atoms with van der Waals surface area (Å²) < 4.78 is 5.30. The molecule has 3 fully saturated rings. The van der Waals surface area contributed by atoms with Crippen molar-refractivity contribution in [1.82, 2.24) is 0 Å². The van der Waals surface area contributed by atoms with Crippen molar-refractivity contribution in [2.75, 3.05) is 7.11 Å². The Balaban J connectivity index is 1.56. The van der Waals surface area contributed by atoms with Crippen LogP contribution in [0, 0.1) is 46.3 Å². The molecule has 0 aromatic carbocycles. The zero-order valence-electron chi connectivity index (χ0n) is 19.6. The van der Waals surface area contributed by atoms with Crippen LogP contribution in [0.1, 0.15) is 91.4 Å². The second-order valence-electron chi connectivity index (χ2n) is 11.4. The minimum absolute atomic E-state index is 0.0319. The lowest BCUT2D eigenvalue weighted by molar-refractivity contribution is -0.152. The fraction of sp³-hybridized carbons (Fsp3) is 0.852. The SMILES string of the molecule is CCCCC[C@@H](C(=O)OC)[C@H]1CC[C@H]2[C@@H]3CC[C@H]4CC(=O)C=C[C@]4(C)[C@H]3CC[C@]12C. The number of hydrogen-bond acceptors (Lipinski definition) is 3. The van der Waals surface area contributed by atoms with E-state index in [2.05, 4.69) is 26.8 Å². The van der Waals surface area contributed by atoms with Gasteiger partial charge in [-0.25, -0.2) is 0 Å². The van der Waals surface area contributed by atoms with E-state index in [1.54, 1.807) is 7.11 Å². The molecule has 3 nitrogen and oxygen atoms in total. The molecular weight excluding hydrogens is 372 g/mol. The average molecular weight is 415 g/mol. The number of methoxy groups -OCH3 is 1. The molecule has 0 aromatic heterocycles. The highest BCUT2D eigenvalue weighted by Crippen LogP contribution is 2.67. The predicted octanol–water partition coefficient (Wildman–Crippen LogP) is 6.36. The molecule has 0 amide bonds. The average Bonchev–Trinajstić information content (AvgIpc) is 3.08. The van der Waals surface area contributed by atoms with Gasteiger partial charge in [-0.1, -0.05) is 46.1 Å². The van der Waals surface area contributed by atoms with Crippen molar-refractivity contribution in [2.45, 2.75) is 91.4 Å². The minimum Gasteiger partial charge on any atom is -0.469 e. The van der Waals surface area contributed by atoms with E-state index in [0.29, 0.717) is 23.5 Å². The van der Waals surface area contributed by atoms with Crippen molar-refractivity contribution < 1.29 is 14.3 Å². The highest BCUT2D eigenvalue weighted by molar-refractivity contribution is 5.91. The Bertz CT molecular complexity index is 696. The van der Waals surface area contributed by atoms with Gasteiger partial charge in [0, 0.05) is 6.42 Å². The van der Waals surface area contributed by atoms with E-state index in [9.17, 15) is 9.59 Å². The lowest BCUT2D eigenvalue weighted by Gasteiger charge is -2.59. The second kappa shape index (κ2) is 8.43. The Kier molecular flexibility index (Phi) is 6.21. The second-order valence-corrected chi connectivity index (χ2v) is 11.4. The maximum Gasteiger partial charge on any atom is 0.308 e. The monoisotopic (exact) mass is 414 g/mol. The lowest BCUT2D eigenvalue weighted by Crippen LogP contribution is -2.53. The summed E-state index contributed by atoms with van der Waals surface area (Å²) >= 11 is 0. The molecular formula is C27H42O3. The number of allylic oxidation sites excluding steroid dienone is 2. The van der Waals surface area contributed by atoms with Crippen LogP contribution in [-0.4, -0.2) is 18.9 Å². The summed E-state index contributed by atoms with van der Waals surface area (Å²) in [6, 6.07) is 0. The molecule has 0 bridgehead atoms. The third-order valence-electron chi connectivity index (χ3n) is 10.2. The fourth-order valence-electron chi connectivity index (χ4n) is 8.59. The predicted molar refractivity (Wildman–Crippen MR) is 120 cm³/mol. The van der Waals surface area contributed by atoms with E-state index >= 15 is 0 Å². The number of ketones is 1.